The molecule has 1 N–H and O–H groups in total. The second-order valence-corrected chi connectivity index (χ2v) is 7.86. The molecule has 9 heteroatoms. The molecule has 28 heavy (non-hydrogen) atoms. The summed E-state index contributed by atoms with van der Waals surface area (Å²) in [5.74, 6) is -0.595. The lowest BCUT2D eigenvalue weighted by Gasteiger charge is -2.24. The molecule has 6 nitrogen and oxygen atoms in total. The van der Waals surface area contributed by atoms with Crippen LogP contribution >= 0.6 is 0 Å². The van der Waals surface area contributed by atoms with E-state index in [1.54, 1.807) is 37.6 Å². The fourth-order valence-corrected chi connectivity index (χ4v) is 2.97. The molecule has 0 radical (unpaired) electrons. The second kappa shape index (κ2) is 7.44. The maximum Gasteiger partial charge on any atom is 0.407 e. The number of benzene rings is 1. The lowest BCUT2D eigenvalue weighted by molar-refractivity contribution is -0.179. The number of rotatable bonds is 3. The van der Waals surface area contributed by atoms with E-state index in [1.165, 1.54) is 0 Å². The minimum atomic E-state index is -4.21. The minimum absolute atomic E-state index is 0.0224. The van der Waals surface area contributed by atoms with E-state index in [4.69, 9.17) is 4.74 Å². The lowest BCUT2D eigenvalue weighted by atomic mass is 9.98. The van der Waals surface area contributed by atoms with E-state index in [-0.39, 0.29) is 19.4 Å². The summed E-state index contributed by atoms with van der Waals surface area (Å²) in [6, 6.07) is 7.19. The molecule has 152 valence electrons. The maximum atomic E-state index is 12.9. The van der Waals surface area contributed by atoms with Crippen molar-refractivity contribution in [1.82, 2.24) is 20.1 Å². The number of hydrogen-bond acceptors (Lipinski definition) is 4. The van der Waals surface area contributed by atoms with Crippen molar-refractivity contribution >= 4 is 6.09 Å². The van der Waals surface area contributed by atoms with Crippen molar-refractivity contribution in [2.24, 2.45) is 5.92 Å². The SMILES string of the molecule is CC(C)(C)OC(=O)NCc1ccc(-c2nc3n(n2)CCC(C(F)(F)F)C3)cc1. The number of carbonyl (C=O) groups is 1. The van der Waals surface area contributed by atoms with Crippen LogP contribution in [0.1, 0.15) is 38.6 Å². The van der Waals surface area contributed by atoms with E-state index >= 15 is 0 Å². The number of hydrogen-bond donors (Lipinski definition) is 1. The Labute approximate surface area is 161 Å². The zero-order valence-electron chi connectivity index (χ0n) is 16.0. The highest BCUT2D eigenvalue weighted by Crippen LogP contribution is 2.34. The Kier molecular flexibility index (Phi) is 5.36. The van der Waals surface area contributed by atoms with Gasteiger partial charge >= 0.3 is 12.3 Å². The third-order valence-corrected chi connectivity index (χ3v) is 4.38. The third-order valence-electron chi connectivity index (χ3n) is 4.38. The highest BCUT2D eigenvalue weighted by molar-refractivity contribution is 5.67. The van der Waals surface area contributed by atoms with Gasteiger partial charge in [0, 0.05) is 25.1 Å². The molecule has 0 bridgehead atoms. The summed E-state index contributed by atoms with van der Waals surface area (Å²) in [5, 5.41) is 7.00. The Morgan fingerprint density at radius 2 is 1.93 bits per heavy atom. The van der Waals surface area contributed by atoms with E-state index in [0.717, 1.165) is 5.56 Å². The van der Waals surface area contributed by atoms with Crippen LogP contribution in [0.15, 0.2) is 24.3 Å². The number of alkyl carbamates (subject to hydrolysis) is 1. The minimum Gasteiger partial charge on any atom is -0.444 e. The number of aryl methyl sites for hydroxylation is 1. The van der Waals surface area contributed by atoms with Gasteiger partial charge in [-0.3, -0.25) is 0 Å². The van der Waals surface area contributed by atoms with Gasteiger partial charge in [-0.15, -0.1) is 0 Å². The van der Waals surface area contributed by atoms with Crippen LogP contribution < -0.4 is 5.32 Å². The first-order chi connectivity index (χ1) is 13.0. The number of nitrogens with zero attached hydrogens (tertiary/aromatic N) is 3. The average molecular weight is 396 g/mol. The normalized spacial score (nSPS) is 17.1. The quantitative estimate of drug-likeness (QED) is 0.848. The second-order valence-electron chi connectivity index (χ2n) is 7.86. The lowest BCUT2D eigenvalue weighted by Crippen LogP contribution is -2.32. The fraction of sp³-hybridized carbons (Fsp3) is 0.526. The van der Waals surface area contributed by atoms with Gasteiger partial charge in [0.15, 0.2) is 5.82 Å². The van der Waals surface area contributed by atoms with E-state index in [2.05, 4.69) is 15.4 Å². The molecule has 0 fully saturated rings. The molecule has 2 heterocycles. The van der Waals surface area contributed by atoms with Crippen LogP contribution in [-0.2, 0) is 24.2 Å². The highest BCUT2D eigenvalue weighted by atomic mass is 19.4. The molecule has 0 saturated carbocycles. The summed E-state index contributed by atoms with van der Waals surface area (Å²) in [4.78, 5) is 16.0. The van der Waals surface area contributed by atoms with Crippen molar-refractivity contribution in [2.75, 3.05) is 0 Å². The monoisotopic (exact) mass is 396 g/mol. The van der Waals surface area contributed by atoms with Crippen LogP contribution in [0, 0.1) is 5.92 Å². The Morgan fingerprint density at radius 3 is 2.54 bits per heavy atom. The molecule has 3 rings (SSSR count). The van der Waals surface area contributed by atoms with E-state index in [1.807, 2.05) is 12.1 Å². The molecule has 2 aromatic rings. The largest absolute Gasteiger partial charge is 0.444 e. The molecule has 1 unspecified atom stereocenters. The van der Waals surface area contributed by atoms with E-state index in [0.29, 0.717) is 23.8 Å². The number of aromatic nitrogens is 3. The summed E-state index contributed by atoms with van der Waals surface area (Å²) in [5.41, 5.74) is 1.01. The van der Waals surface area contributed by atoms with Crippen molar-refractivity contribution in [3.05, 3.63) is 35.7 Å². The van der Waals surface area contributed by atoms with Gasteiger partial charge in [0.1, 0.15) is 11.4 Å². The molecule has 1 aliphatic heterocycles. The first-order valence-corrected chi connectivity index (χ1v) is 9.08. The molecule has 1 amide bonds. The van der Waals surface area contributed by atoms with Crippen LogP contribution in [0.25, 0.3) is 11.4 Å². The number of ether oxygens (including phenoxy) is 1. The molecule has 1 aromatic heterocycles. The van der Waals surface area contributed by atoms with Crippen LogP contribution in [0.4, 0.5) is 18.0 Å². The van der Waals surface area contributed by atoms with Gasteiger partial charge in [0.25, 0.3) is 0 Å². The molecule has 0 spiro atoms. The first-order valence-electron chi connectivity index (χ1n) is 9.08. The van der Waals surface area contributed by atoms with Crippen LogP contribution in [-0.4, -0.2) is 32.6 Å². The van der Waals surface area contributed by atoms with Crippen LogP contribution in [0.3, 0.4) is 0 Å². The first kappa shape index (κ1) is 20.2. The Balaban J connectivity index is 1.63. The van der Waals surface area contributed by atoms with Crippen LogP contribution in [0.5, 0.6) is 0 Å². The highest BCUT2D eigenvalue weighted by Gasteiger charge is 2.42. The van der Waals surface area contributed by atoms with E-state index in [9.17, 15) is 18.0 Å². The van der Waals surface area contributed by atoms with Crippen molar-refractivity contribution in [1.29, 1.82) is 0 Å². The van der Waals surface area contributed by atoms with Crippen molar-refractivity contribution in [3.63, 3.8) is 0 Å². The summed E-state index contributed by atoms with van der Waals surface area (Å²) < 4.78 is 45.5. The molecule has 1 atom stereocenters. The Hall–Kier alpha value is -2.58. The van der Waals surface area contributed by atoms with Gasteiger partial charge in [-0.2, -0.15) is 18.3 Å². The Morgan fingerprint density at radius 1 is 1.25 bits per heavy atom. The molecular weight excluding hydrogens is 373 g/mol. The van der Waals surface area contributed by atoms with Crippen molar-refractivity contribution < 1.29 is 22.7 Å². The van der Waals surface area contributed by atoms with Crippen molar-refractivity contribution in [2.45, 2.75) is 58.5 Å². The summed E-state index contributed by atoms with van der Waals surface area (Å²) >= 11 is 0. The van der Waals surface area contributed by atoms with E-state index < -0.39 is 23.8 Å². The molecule has 0 saturated heterocycles. The average Bonchev–Trinajstić information content (AvgIpc) is 3.01. The molecule has 1 aliphatic rings. The topological polar surface area (TPSA) is 69.0 Å². The molecule has 1 aromatic carbocycles. The Bertz CT molecular complexity index is 838. The van der Waals surface area contributed by atoms with Gasteiger partial charge < -0.3 is 10.1 Å². The zero-order chi connectivity index (χ0) is 20.5. The molecule has 0 aliphatic carbocycles. The van der Waals surface area contributed by atoms with Gasteiger partial charge in [0.2, 0.25) is 0 Å². The third kappa shape index (κ3) is 5.02. The van der Waals surface area contributed by atoms with Crippen LogP contribution in [0.2, 0.25) is 0 Å². The standard InChI is InChI=1S/C19H23F3N4O2/c1-18(2,3)28-17(27)23-11-12-4-6-13(7-5-12)16-24-15-10-14(19(20,21)22)8-9-26(15)25-16/h4-7,14H,8-11H2,1-3H3,(H,23,27). The smallest absolute Gasteiger partial charge is 0.407 e. The van der Waals surface area contributed by atoms with Gasteiger partial charge in [0.05, 0.1) is 5.92 Å². The maximum absolute atomic E-state index is 12.9. The predicted octanol–water partition coefficient (Wildman–Crippen LogP) is 4.09. The zero-order valence-corrected chi connectivity index (χ0v) is 16.0. The number of alkyl halides is 3. The number of halogens is 3. The number of fused-ring (bicyclic) bond motifs is 1. The van der Waals surface area contributed by atoms with Gasteiger partial charge in [-0.25, -0.2) is 14.5 Å². The fourth-order valence-electron chi connectivity index (χ4n) is 2.97. The summed E-state index contributed by atoms with van der Waals surface area (Å²) in [7, 11) is 0. The number of nitrogens with one attached hydrogen (secondary N) is 1. The predicted molar refractivity (Wildman–Crippen MR) is 96.4 cm³/mol. The van der Waals surface area contributed by atoms with Gasteiger partial charge in [-0.05, 0) is 32.8 Å². The van der Waals surface area contributed by atoms with Crippen molar-refractivity contribution in [3.8, 4) is 11.4 Å². The number of amides is 1. The number of carbonyl (C=O) groups excluding carboxylic acids is 1. The van der Waals surface area contributed by atoms with Gasteiger partial charge in [-0.1, -0.05) is 24.3 Å². The summed E-state index contributed by atoms with van der Waals surface area (Å²) in [6.45, 7) is 5.88. The molecular formula is C19H23F3N4O2. The summed E-state index contributed by atoms with van der Waals surface area (Å²) in [6.07, 6.45) is -4.83.